The Morgan fingerprint density at radius 1 is 1.25 bits per heavy atom. The maximum atomic E-state index is 12.2. The van der Waals surface area contributed by atoms with Crippen LogP contribution < -0.4 is 15.4 Å². The van der Waals surface area contributed by atoms with Crippen LogP contribution in [0.4, 0.5) is 0 Å². The number of rotatable bonds is 3. The third kappa shape index (κ3) is 2.35. The van der Waals surface area contributed by atoms with Crippen molar-refractivity contribution in [1.29, 1.82) is 0 Å². The van der Waals surface area contributed by atoms with E-state index in [1.165, 1.54) is 0 Å². The quantitative estimate of drug-likeness (QED) is 0.872. The highest BCUT2D eigenvalue weighted by Gasteiger charge is 2.29. The zero-order chi connectivity index (χ0) is 14.3. The molecule has 0 spiro atoms. The third-order valence-electron chi connectivity index (χ3n) is 3.64. The van der Waals surface area contributed by atoms with Gasteiger partial charge in [-0.25, -0.2) is 0 Å². The number of ether oxygens (including phenoxy) is 1. The van der Waals surface area contributed by atoms with Crippen LogP contribution in [0, 0.1) is 0 Å². The van der Waals surface area contributed by atoms with Crippen molar-refractivity contribution in [2.75, 3.05) is 7.05 Å². The smallest absolute Gasteiger partial charge is 0.254 e. The van der Waals surface area contributed by atoms with Crippen LogP contribution in [-0.2, 0) is 6.42 Å². The molecular formula is C15H18N2O3. The van der Waals surface area contributed by atoms with Crippen LogP contribution in [0.3, 0.4) is 0 Å². The molecule has 1 atom stereocenters. The van der Waals surface area contributed by atoms with Crippen LogP contribution in [0.1, 0.15) is 46.0 Å². The summed E-state index contributed by atoms with van der Waals surface area (Å²) in [5.41, 5.74) is 1.90. The first kappa shape index (κ1) is 13.0. The molecule has 1 aromatic rings. The van der Waals surface area contributed by atoms with Crippen molar-refractivity contribution in [2.24, 2.45) is 0 Å². The van der Waals surface area contributed by atoms with E-state index in [1.807, 2.05) is 13.0 Å². The summed E-state index contributed by atoms with van der Waals surface area (Å²) in [7, 11) is 1.57. The Bertz CT molecular complexity index is 579. The summed E-state index contributed by atoms with van der Waals surface area (Å²) in [4.78, 5) is 24.1. The van der Waals surface area contributed by atoms with Crippen molar-refractivity contribution in [3.63, 3.8) is 0 Å². The highest BCUT2D eigenvalue weighted by molar-refractivity contribution is 6.02. The molecule has 5 nitrogen and oxygen atoms in total. The minimum Gasteiger partial charge on any atom is -0.489 e. The monoisotopic (exact) mass is 274 g/mol. The van der Waals surface area contributed by atoms with Gasteiger partial charge in [-0.3, -0.25) is 9.59 Å². The Hall–Kier alpha value is -2.04. The normalized spacial score (nSPS) is 20.0. The average molecular weight is 274 g/mol. The van der Waals surface area contributed by atoms with Crippen LogP contribution >= 0.6 is 0 Å². The van der Waals surface area contributed by atoms with Gasteiger partial charge in [-0.05, 0) is 37.5 Å². The van der Waals surface area contributed by atoms with Gasteiger partial charge in [0.1, 0.15) is 11.9 Å². The van der Waals surface area contributed by atoms with Gasteiger partial charge in [-0.15, -0.1) is 0 Å². The van der Waals surface area contributed by atoms with Crippen LogP contribution in [0.25, 0.3) is 0 Å². The van der Waals surface area contributed by atoms with Crippen molar-refractivity contribution in [1.82, 2.24) is 10.6 Å². The highest BCUT2D eigenvalue weighted by Crippen LogP contribution is 2.34. The molecule has 2 N–H and O–H groups in total. The number of fused-ring (bicyclic) bond motifs is 1. The van der Waals surface area contributed by atoms with Crippen LogP contribution in [0.15, 0.2) is 12.1 Å². The predicted molar refractivity (Wildman–Crippen MR) is 74.1 cm³/mol. The molecular weight excluding hydrogens is 256 g/mol. The molecule has 0 radical (unpaired) electrons. The molecule has 2 amide bonds. The van der Waals surface area contributed by atoms with Gasteiger partial charge in [0.15, 0.2) is 0 Å². The van der Waals surface area contributed by atoms with E-state index in [0.717, 1.165) is 24.8 Å². The van der Waals surface area contributed by atoms with Gasteiger partial charge in [0.25, 0.3) is 11.8 Å². The average Bonchev–Trinajstić information content (AvgIpc) is 3.15. The van der Waals surface area contributed by atoms with Crippen LogP contribution in [-0.4, -0.2) is 31.0 Å². The molecule has 2 aliphatic rings. The van der Waals surface area contributed by atoms with Crippen molar-refractivity contribution in [3.05, 3.63) is 28.8 Å². The molecule has 0 bridgehead atoms. The molecule has 1 aromatic carbocycles. The van der Waals surface area contributed by atoms with Gasteiger partial charge in [0.2, 0.25) is 0 Å². The van der Waals surface area contributed by atoms with Crippen molar-refractivity contribution < 1.29 is 14.3 Å². The first-order valence-corrected chi connectivity index (χ1v) is 6.95. The highest BCUT2D eigenvalue weighted by atomic mass is 16.5. The Labute approximate surface area is 117 Å². The van der Waals surface area contributed by atoms with Crippen molar-refractivity contribution >= 4 is 11.8 Å². The molecule has 1 saturated carbocycles. The summed E-state index contributed by atoms with van der Waals surface area (Å²) in [6.45, 7) is 1.96. The molecule has 0 aromatic heterocycles. The predicted octanol–water partition coefficient (Wildman–Crippen LogP) is 1.26. The van der Waals surface area contributed by atoms with Gasteiger partial charge in [0, 0.05) is 25.1 Å². The molecule has 3 rings (SSSR count). The Balaban J connectivity index is 1.97. The van der Waals surface area contributed by atoms with E-state index in [4.69, 9.17) is 4.74 Å². The van der Waals surface area contributed by atoms with E-state index in [-0.39, 0.29) is 17.9 Å². The second-order valence-electron chi connectivity index (χ2n) is 5.47. The maximum Gasteiger partial charge on any atom is 0.254 e. The molecule has 1 aliphatic heterocycles. The SMILES string of the molecule is CNC(=O)c1cc(C(=O)NC2CC2)cc2c1OC(C)C2. The van der Waals surface area contributed by atoms with E-state index >= 15 is 0 Å². The topological polar surface area (TPSA) is 67.4 Å². The number of amides is 2. The summed E-state index contributed by atoms with van der Waals surface area (Å²) in [5.74, 6) is 0.274. The Kier molecular flexibility index (Phi) is 3.12. The minimum absolute atomic E-state index is 0.0372. The standard InChI is InChI=1S/C15H18N2O3/c1-8-5-9-6-10(14(18)17-11-3-4-11)7-12(13(9)20-8)15(19)16-2/h6-8,11H,3-5H2,1-2H3,(H,16,19)(H,17,18). The van der Waals surface area contributed by atoms with Gasteiger partial charge in [-0.2, -0.15) is 0 Å². The first-order chi connectivity index (χ1) is 9.58. The molecule has 1 aliphatic carbocycles. The molecule has 1 fully saturated rings. The number of carbonyl (C=O) groups excluding carboxylic acids is 2. The number of nitrogens with one attached hydrogen (secondary N) is 2. The maximum absolute atomic E-state index is 12.2. The molecule has 20 heavy (non-hydrogen) atoms. The fraction of sp³-hybridized carbons (Fsp3) is 0.467. The van der Waals surface area contributed by atoms with E-state index in [2.05, 4.69) is 10.6 Å². The summed E-state index contributed by atoms with van der Waals surface area (Å²) >= 11 is 0. The molecule has 1 heterocycles. The zero-order valence-electron chi connectivity index (χ0n) is 11.7. The first-order valence-electron chi connectivity index (χ1n) is 6.95. The lowest BCUT2D eigenvalue weighted by Gasteiger charge is -2.11. The summed E-state index contributed by atoms with van der Waals surface area (Å²) < 4.78 is 5.70. The number of hydrogen-bond donors (Lipinski definition) is 2. The van der Waals surface area contributed by atoms with Gasteiger partial charge >= 0.3 is 0 Å². The Morgan fingerprint density at radius 2 is 2.00 bits per heavy atom. The summed E-state index contributed by atoms with van der Waals surface area (Å²) in [5, 5.41) is 5.54. The van der Waals surface area contributed by atoms with Gasteiger partial charge < -0.3 is 15.4 Å². The second-order valence-corrected chi connectivity index (χ2v) is 5.47. The van der Waals surface area contributed by atoms with E-state index < -0.39 is 0 Å². The lowest BCUT2D eigenvalue weighted by Crippen LogP contribution is -2.26. The minimum atomic E-state index is -0.226. The zero-order valence-corrected chi connectivity index (χ0v) is 11.7. The largest absolute Gasteiger partial charge is 0.489 e. The van der Waals surface area contributed by atoms with E-state index in [0.29, 0.717) is 22.9 Å². The Morgan fingerprint density at radius 3 is 2.65 bits per heavy atom. The third-order valence-corrected chi connectivity index (χ3v) is 3.64. The van der Waals surface area contributed by atoms with Crippen molar-refractivity contribution in [3.8, 4) is 5.75 Å². The van der Waals surface area contributed by atoms with Gasteiger partial charge in [-0.1, -0.05) is 0 Å². The summed E-state index contributed by atoms with van der Waals surface area (Å²) in [6.07, 6.45) is 2.84. The fourth-order valence-corrected chi connectivity index (χ4v) is 2.46. The molecule has 106 valence electrons. The van der Waals surface area contributed by atoms with Crippen LogP contribution in [0.5, 0.6) is 5.75 Å². The van der Waals surface area contributed by atoms with Gasteiger partial charge in [0.05, 0.1) is 5.56 Å². The van der Waals surface area contributed by atoms with Crippen molar-refractivity contribution in [2.45, 2.75) is 38.3 Å². The van der Waals surface area contributed by atoms with Crippen LogP contribution in [0.2, 0.25) is 0 Å². The second kappa shape index (κ2) is 4.81. The fourth-order valence-electron chi connectivity index (χ4n) is 2.46. The van der Waals surface area contributed by atoms with E-state index in [1.54, 1.807) is 13.1 Å². The number of carbonyl (C=O) groups is 2. The number of benzene rings is 1. The van der Waals surface area contributed by atoms with E-state index in [9.17, 15) is 9.59 Å². The molecule has 1 unspecified atom stereocenters. The molecule has 5 heteroatoms. The number of hydrogen-bond acceptors (Lipinski definition) is 3. The lowest BCUT2D eigenvalue weighted by molar-refractivity contribution is 0.0951. The lowest BCUT2D eigenvalue weighted by atomic mass is 10.0. The molecule has 0 saturated heterocycles. The summed E-state index contributed by atoms with van der Waals surface area (Å²) in [6, 6.07) is 3.76.